The van der Waals surface area contributed by atoms with Crippen LogP contribution in [0.4, 0.5) is 5.69 Å². The highest BCUT2D eigenvalue weighted by atomic mass is 32.2. The minimum atomic E-state index is -3.61. The highest BCUT2D eigenvalue weighted by Crippen LogP contribution is 2.28. The number of aryl methyl sites for hydroxylation is 3. The van der Waals surface area contributed by atoms with Crippen LogP contribution in [0.15, 0.2) is 29.2 Å². The molecule has 0 aliphatic carbocycles. The first kappa shape index (κ1) is 22.0. The number of morpholine rings is 1. The lowest BCUT2D eigenvalue weighted by Gasteiger charge is -2.26. The molecule has 1 aromatic heterocycles. The van der Waals surface area contributed by atoms with Gasteiger partial charge < -0.3 is 10.1 Å². The Morgan fingerprint density at radius 3 is 2.59 bits per heavy atom. The molecule has 1 fully saturated rings. The number of amides is 1. The van der Waals surface area contributed by atoms with Crippen molar-refractivity contribution in [1.82, 2.24) is 4.31 Å². The van der Waals surface area contributed by atoms with Crippen LogP contribution in [0.5, 0.6) is 0 Å². The van der Waals surface area contributed by atoms with Gasteiger partial charge in [-0.1, -0.05) is 26.3 Å². The molecule has 2 heterocycles. The standard InChI is InChI=1S/C21H28N2O4S2/c1-4-6-19-16(5-2)13-20(28-19)21(24)22-18-14-17(8-7-15(18)3)29(25,26)23-9-11-27-12-10-23/h7-8,13-14H,4-6,9-12H2,1-3H3,(H,22,24). The first-order chi connectivity index (χ1) is 13.9. The largest absolute Gasteiger partial charge is 0.379 e. The molecule has 29 heavy (non-hydrogen) atoms. The molecule has 0 saturated carbocycles. The van der Waals surface area contributed by atoms with Gasteiger partial charge in [0.15, 0.2) is 0 Å². The number of hydrogen-bond donors (Lipinski definition) is 1. The predicted octanol–water partition coefficient (Wildman–Crippen LogP) is 3.84. The van der Waals surface area contributed by atoms with E-state index in [1.165, 1.54) is 26.1 Å². The molecule has 158 valence electrons. The molecule has 1 N–H and O–H groups in total. The molecule has 0 unspecified atom stereocenters. The number of benzene rings is 1. The molecule has 3 rings (SSSR count). The van der Waals surface area contributed by atoms with Crippen molar-refractivity contribution < 1.29 is 17.9 Å². The zero-order valence-corrected chi connectivity index (χ0v) is 18.8. The minimum Gasteiger partial charge on any atom is -0.379 e. The zero-order chi connectivity index (χ0) is 21.0. The van der Waals surface area contributed by atoms with E-state index >= 15 is 0 Å². The topological polar surface area (TPSA) is 75.7 Å². The average molecular weight is 437 g/mol. The van der Waals surface area contributed by atoms with Gasteiger partial charge >= 0.3 is 0 Å². The second kappa shape index (κ2) is 9.38. The number of ether oxygens (including phenoxy) is 1. The van der Waals surface area contributed by atoms with Crippen LogP contribution in [0.1, 0.15) is 45.9 Å². The van der Waals surface area contributed by atoms with Crippen molar-refractivity contribution in [3.05, 3.63) is 45.1 Å². The van der Waals surface area contributed by atoms with Crippen LogP contribution in [0.2, 0.25) is 0 Å². The fraction of sp³-hybridized carbons (Fsp3) is 0.476. The number of carbonyl (C=O) groups is 1. The Kier molecular flexibility index (Phi) is 7.10. The molecule has 1 aromatic carbocycles. The highest BCUT2D eigenvalue weighted by Gasteiger charge is 2.27. The third kappa shape index (κ3) is 4.88. The van der Waals surface area contributed by atoms with Crippen molar-refractivity contribution in [2.75, 3.05) is 31.6 Å². The van der Waals surface area contributed by atoms with Crippen LogP contribution in [0.3, 0.4) is 0 Å². The number of carbonyl (C=O) groups excluding carboxylic acids is 1. The first-order valence-corrected chi connectivity index (χ1v) is 12.2. The Labute approximate surface area is 176 Å². The molecule has 0 spiro atoms. The Morgan fingerprint density at radius 1 is 1.21 bits per heavy atom. The lowest BCUT2D eigenvalue weighted by atomic mass is 10.1. The van der Waals surface area contributed by atoms with E-state index in [4.69, 9.17) is 4.74 Å². The van der Waals surface area contributed by atoms with Gasteiger partial charge in [-0.2, -0.15) is 4.31 Å². The molecule has 1 amide bonds. The van der Waals surface area contributed by atoms with Crippen LogP contribution in [-0.4, -0.2) is 44.9 Å². The van der Waals surface area contributed by atoms with Gasteiger partial charge in [-0.3, -0.25) is 4.79 Å². The summed E-state index contributed by atoms with van der Waals surface area (Å²) in [5.74, 6) is -0.198. The Hall–Kier alpha value is -1.74. The molecular formula is C21H28N2O4S2. The maximum atomic E-state index is 12.9. The molecule has 1 aliphatic heterocycles. The number of rotatable bonds is 7. The van der Waals surface area contributed by atoms with Crippen LogP contribution in [-0.2, 0) is 27.6 Å². The van der Waals surface area contributed by atoms with Gasteiger partial charge in [-0.25, -0.2) is 8.42 Å². The second-order valence-corrected chi connectivity index (χ2v) is 10.2. The van der Waals surface area contributed by atoms with Gasteiger partial charge in [-0.05, 0) is 49.1 Å². The van der Waals surface area contributed by atoms with Crippen molar-refractivity contribution in [3.8, 4) is 0 Å². The molecule has 0 radical (unpaired) electrons. The van der Waals surface area contributed by atoms with Crippen molar-refractivity contribution in [1.29, 1.82) is 0 Å². The summed E-state index contributed by atoms with van der Waals surface area (Å²) in [6.07, 6.45) is 2.90. The smallest absolute Gasteiger partial charge is 0.265 e. The number of nitrogens with zero attached hydrogens (tertiary/aromatic N) is 1. The summed E-state index contributed by atoms with van der Waals surface area (Å²) < 4.78 is 32.5. The molecule has 0 bridgehead atoms. The first-order valence-electron chi connectivity index (χ1n) is 9.98. The maximum Gasteiger partial charge on any atom is 0.265 e. The average Bonchev–Trinajstić information content (AvgIpc) is 3.13. The van der Waals surface area contributed by atoms with Crippen molar-refractivity contribution >= 4 is 33.0 Å². The van der Waals surface area contributed by atoms with Crippen LogP contribution >= 0.6 is 11.3 Å². The van der Waals surface area contributed by atoms with E-state index in [0.29, 0.717) is 36.9 Å². The number of hydrogen-bond acceptors (Lipinski definition) is 5. The monoisotopic (exact) mass is 436 g/mol. The normalized spacial score (nSPS) is 15.4. The van der Waals surface area contributed by atoms with Gasteiger partial charge in [0, 0.05) is 23.7 Å². The van der Waals surface area contributed by atoms with E-state index in [-0.39, 0.29) is 10.8 Å². The zero-order valence-electron chi connectivity index (χ0n) is 17.2. The SMILES string of the molecule is CCCc1sc(C(=O)Nc2cc(S(=O)(=O)N3CCOCC3)ccc2C)cc1CC. The van der Waals surface area contributed by atoms with Crippen molar-refractivity contribution in [2.24, 2.45) is 0 Å². The molecule has 8 heteroatoms. The number of thiophene rings is 1. The summed E-state index contributed by atoms with van der Waals surface area (Å²) in [5.41, 5.74) is 2.55. The summed E-state index contributed by atoms with van der Waals surface area (Å²) in [6, 6.07) is 6.83. The van der Waals surface area contributed by atoms with Gasteiger partial charge in [-0.15, -0.1) is 11.3 Å². The lowest BCUT2D eigenvalue weighted by molar-refractivity contribution is 0.0730. The number of sulfonamides is 1. The van der Waals surface area contributed by atoms with E-state index in [0.717, 1.165) is 24.8 Å². The molecular weight excluding hydrogens is 408 g/mol. The fourth-order valence-electron chi connectivity index (χ4n) is 3.33. The van der Waals surface area contributed by atoms with E-state index < -0.39 is 10.0 Å². The Morgan fingerprint density at radius 2 is 1.93 bits per heavy atom. The lowest BCUT2D eigenvalue weighted by Crippen LogP contribution is -2.40. The van der Waals surface area contributed by atoms with Gasteiger partial charge in [0.25, 0.3) is 5.91 Å². The summed E-state index contributed by atoms with van der Waals surface area (Å²) >= 11 is 1.52. The summed E-state index contributed by atoms with van der Waals surface area (Å²) in [5, 5.41) is 2.91. The summed E-state index contributed by atoms with van der Waals surface area (Å²) in [4.78, 5) is 14.9. The third-order valence-electron chi connectivity index (χ3n) is 5.04. The van der Waals surface area contributed by atoms with Gasteiger partial charge in [0.2, 0.25) is 10.0 Å². The molecule has 2 aromatic rings. The maximum absolute atomic E-state index is 12.9. The number of nitrogens with one attached hydrogen (secondary N) is 1. The van der Waals surface area contributed by atoms with E-state index in [1.807, 2.05) is 13.0 Å². The van der Waals surface area contributed by atoms with Gasteiger partial charge in [0.1, 0.15) is 0 Å². The Bertz CT molecular complexity index is 977. The quantitative estimate of drug-likeness (QED) is 0.715. The van der Waals surface area contributed by atoms with Crippen LogP contribution < -0.4 is 5.32 Å². The molecule has 0 atom stereocenters. The van der Waals surface area contributed by atoms with Gasteiger partial charge in [0.05, 0.1) is 23.0 Å². The van der Waals surface area contributed by atoms with Crippen LogP contribution in [0, 0.1) is 6.92 Å². The Balaban J connectivity index is 1.84. The van der Waals surface area contributed by atoms with E-state index in [1.54, 1.807) is 18.2 Å². The van der Waals surface area contributed by atoms with Crippen molar-refractivity contribution in [3.63, 3.8) is 0 Å². The summed E-state index contributed by atoms with van der Waals surface area (Å²) in [6.45, 7) is 7.55. The van der Waals surface area contributed by atoms with Crippen molar-refractivity contribution in [2.45, 2.75) is 44.9 Å². The minimum absolute atomic E-state index is 0.187. The highest BCUT2D eigenvalue weighted by molar-refractivity contribution is 7.89. The second-order valence-electron chi connectivity index (χ2n) is 7.11. The summed E-state index contributed by atoms with van der Waals surface area (Å²) in [7, 11) is -3.61. The third-order valence-corrected chi connectivity index (χ3v) is 8.17. The van der Waals surface area contributed by atoms with E-state index in [9.17, 15) is 13.2 Å². The molecule has 1 aliphatic rings. The van der Waals surface area contributed by atoms with E-state index in [2.05, 4.69) is 19.2 Å². The molecule has 6 nitrogen and oxygen atoms in total. The van der Waals surface area contributed by atoms with Crippen LogP contribution in [0.25, 0.3) is 0 Å². The molecule has 1 saturated heterocycles. The fourth-order valence-corrected chi connectivity index (χ4v) is 6.02. The number of anilines is 1. The predicted molar refractivity (Wildman–Crippen MR) is 116 cm³/mol.